The number of aromatic hydroxyl groups is 3. The van der Waals surface area contributed by atoms with E-state index in [0.29, 0.717) is 78.1 Å². The van der Waals surface area contributed by atoms with E-state index >= 15 is 4.79 Å². The molecule has 12 nitrogen and oxygen atoms in total. The number of nitrogens with one attached hydrogen (secondary N) is 2. The first-order valence-electron chi connectivity index (χ1n) is 33.7. The SMILES string of the molecule is CCOC[C@@H]1CC[C@@H]2CSSC[C@H]([C@]3(c4cc(O)c5c(c4)[C@]4(NC)CCC[C@H](Cc6ccccc6)[C@H]4C=C5)C(=O)[C@@H]4[C@H](CSS[C@@H](CO)c5cccc6ccc(CC)c(c56)Cc5c(ccc(O)c5OC)C[C@@H](Cc5cc[nH]c5)[C@@H]4O)C[C@@H]3O)c3ccc(O)c(c3)O[C@H]2C1. The van der Waals surface area contributed by atoms with E-state index in [1.165, 1.54) is 5.56 Å². The molecule has 14 atom stereocenters. The molecule has 0 radical (unpaired) electrons. The fourth-order valence-corrected chi connectivity index (χ4v) is 23.4. The van der Waals surface area contributed by atoms with E-state index in [-0.39, 0.29) is 59.9 Å². The topological polar surface area (TPSA) is 194 Å². The fourth-order valence-electron chi connectivity index (χ4n) is 17.7. The Balaban J connectivity index is 1.01. The van der Waals surface area contributed by atoms with Gasteiger partial charge in [0.15, 0.2) is 28.8 Å². The first kappa shape index (κ1) is 66.1. The second kappa shape index (κ2) is 28.7. The highest BCUT2D eigenvalue weighted by Gasteiger charge is 2.62. The number of ketones is 1. The van der Waals surface area contributed by atoms with Crippen LogP contribution in [0.5, 0.6) is 28.7 Å². The number of carbonyl (C=O) groups excluding carboxylic acids is 1. The second-order valence-electron chi connectivity index (χ2n) is 27.1. The zero-order valence-electron chi connectivity index (χ0n) is 53.8. The average molecular weight is 1330 g/mol. The number of methoxy groups -OCH3 is 1. The second-order valence-corrected chi connectivity index (χ2v) is 32.3. The smallest absolute Gasteiger partial charge is 0.164 e. The summed E-state index contributed by atoms with van der Waals surface area (Å²) in [6.45, 7) is 5.27. The van der Waals surface area contributed by atoms with Crippen LogP contribution in [0, 0.1) is 41.4 Å². The van der Waals surface area contributed by atoms with E-state index < -0.39 is 52.1 Å². The molecule has 3 fully saturated rings. The number of ether oxygens (including phenoxy) is 3. The Labute approximate surface area is 563 Å². The van der Waals surface area contributed by atoms with Gasteiger partial charge in [-0.15, -0.1) is 0 Å². The number of hydrogen-bond donors (Lipinski definition) is 8. The molecule has 0 spiro atoms. The van der Waals surface area contributed by atoms with Crippen molar-refractivity contribution in [3.63, 3.8) is 0 Å². The molecule has 8 N–H and O–H groups in total. The van der Waals surface area contributed by atoms with Crippen molar-refractivity contribution in [3.05, 3.63) is 189 Å². The van der Waals surface area contributed by atoms with Gasteiger partial charge in [0.05, 0.1) is 42.1 Å². The zero-order valence-corrected chi connectivity index (χ0v) is 57.1. The third kappa shape index (κ3) is 12.6. The number of phenolic OH excluding ortho intramolecular Hbond substituents is 3. The lowest BCUT2D eigenvalue weighted by Crippen LogP contribution is -2.63. The van der Waals surface area contributed by atoms with Crippen LogP contribution >= 0.6 is 43.2 Å². The van der Waals surface area contributed by atoms with Crippen molar-refractivity contribution in [3.8, 4) is 28.7 Å². The van der Waals surface area contributed by atoms with Crippen molar-refractivity contribution in [2.24, 2.45) is 41.4 Å². The number of aryl methyl sites for hydroxylation is 1. The molecule has 2 bridgehead atoms. The highest BCUT2D eigenvalue weighted by molar-refractivity contribution is 8.77. The van der Waals surface area contributed by atoms with Crippen molar-refractivity contribution in [2.75, 3.05) is 51.2 Å². The number of aliphatic hydroxyl groups excluding tert-OH is 3. The number of aliphatic hydroxyl groups is 3. The molecule has 4 aliphatic carbocycles. The van der Waals surface area contributed by atoms with Gasteiger partial charge in [0.25, 0.3) is 0 Å². The minimum Gasteiger partial charge on any atom is -0.507 e. The molecule has 16 heteroatoms. The monoisotopic (exact) mass is 1330 g/mol. The Morgan fingerprint density at radius 3 is 2.40 bits per heavy atom. The molecule has 2 aliphatic heterocycles. The van der Waals surface area contributed by atoms with E-state index in [4.69, 9.17) is 14.2 Å². The van der Waals surface area contributed by atoms with Crippen LogP contribution in [0.4, 0.5) is 0 Å². The van der Waals surface area contributed by atoms with E-state index in [1.54, 1.807) is 68.5 Å². The molecular formula is C77H90N2O10S4. The van der Waals surface area contributed by atoms with Gasteiger partial charge in [-0.25, -0.2) is 0 Å². The molecule has 6 aromatic carbocycles. The van der Waals surface area contributed by atoms with Gasteiger partial charge in [-0.05, 0) is 193 Å². The molecule has 93 heavy (non-hydrogen) atoms. The van der Waals surface area contributed by atoms with Crippen LogP contribution in [0.15, 0.2) is 128 Å². The third-order valence-electron chi connectivity index (χ3n) is 22.3. The van der Waals surface area contributed by atoms with Gasteiger partial charge in [0, 0.05) is 84.1 Å². The Bertz CT molecular complexity index is 3810. The number of H-pyrrole nitrogens is 1. The maximum absolute atomic E-state index is 18.0. The number of aromatic nitrogens is 1. The van der Waals surface area contributed by atoms with Gasteiger partial charge >= 0.3 is 0 Å². The third-order valence-corrected chi connectivity index (χ3v) is 27.7. The summed E-state index contributed by atoms with van der Waals surface area (Å²) in [6, 6.07) is 36.2. The minimum absolute atomic E-state index is 0.00300. The van der Waals surface area contributed by atoms with Gasteiger partial charge in [-0.2, -0.15) is 0 Å². The molecule has 0 amide bonds. The van der Waals surface area contributed by atoms with Crippen LogP contribution in [0.25, 0.3) is 16.8 Å². The van der Waals surface area contributed by atoms with Crippen molar-refractivity contribution >= 4 is 65.8 Å². The van der Waals surface area contributed by atoms with Crippen LogP contribution in [-0.2, 0) is 52.6 Å². The van der Waals surface area contributed by atoms with E-state index in [1.807, 2.05) is 56.7 Å². The molecule has 0 saturated heterocycles. The van der Waals surface area contributed by atoms with Crippen molar-refractivity contribution in [2.45, 2.75) is 131 Å². The standard InChI is InChI=1S/C77H90N2O10S4/c1-5-48-19-20-49-14-10-16-58-69(40-80)93-92-43-55-35-70(84)77(63-44-91-90-42-53-18-17-47(41-88-6-2)32-67(53)89-68-34-52(63)22-25-64(68)81,56-36-62-57(66(83)37-56)23-24-61-51(15-11-28-76(61,62)78-3)30-45-12-8-7-9-13-45)75(86)72(55)73(85)54(31-46-27-29-79-39-46)33-50-21-26-65(82)74(87-4)60(50)38-59(48)71(49)58/h7-10,12-14,16,19-27,29,34,36-37,39,47,51,53-55,61,63,67,69-70,72-73,78-85H,5-6,11,15,17-18,28,30-33,35,38,40-44H2,1-4H3/t47-,51-,53-,54-,55+,61-,63+,67+,69+,70+,72-,73+,76+,77+/m1/s1. The molecule has 3 saturated carbocycles. The van der Waals surface area contributed by atoms with E-state index in [2.05, 4.69) is 90.0 Å². The number of rotatable bonds is 13. The Morgan fingerprint density at radius 2 is 1.61 bits per heavy atom. The Morgan fingerprint density at radius 1 is 0.796 bits per heavy atom. The fraction of sp³-hybridized carbons (Fsp3) is 0.468. The van der Waals surface area contributed by atoms with E-state index in [0.717, 1.165) is 107 Å². The normalized spacial score (nSPS) is 29.8. The maximum atomic E-state index is 18.0. The number of hydrogen-bond acceptors (Lipinski definition) is 15. The van der Waals surface area contributed by atoms with Crippen molar-refractivity contribution in [1.29, 1.82) is 0 Å². The lowest BCUT2D eigenvalue weighted by atomic mass is 9.51. The maximum Gasteiger partial charge on any atom is 0.164 e. The van der Waals surface area contributed by atoms with Crippen LogP contribution in [0.1, 0.15) is 131 Å². The highest BCUT2D eigenvalue weighted by Crippen LogP contribution is 2.60. The van der Waals surface area contributed by atoms with Crippen molar-refractivity contribution in [1.82, 2.24) is 10.3 Å². The molecular weight excluding hydrogens is 1240 g/mol. The van der Waals surface area contributed by atoms with Crippen LogP contribution in [0.3, 0.4) is 0 Å². The highest BCUT2D eigenvalue weighted by atomic mass is 33.1. The van der Waals surface area contributed by atoms with Crippen LogP contribution in [-0.4, -0.2) is 111 Å². The molecule has 3 heterocycles. The van der Waals surface area contributed by atoms with E-state index in [9.17, 15) is 30.6 Å². The van der Waals surface area contributed by atoms with Gasteiger partial charge in [-0.1, -0.05) is 148 Å². The zero-order chi connectivity index (χ0) is 64.5. The van der Waals surface area contributed by atoms with Gasteiger partial charge in [0.2, 0.25) is 0 Å². The molecule has 6 aliphatic rings. The van der Waals surface area contributed by atoms with Crippen molar-refractivity contribution < 1.29 is 49.6 Å². The molecule has 1 aromatic heterocycles. The predicted octanol–water partition coefficient (Wildman–Crippen LogP) is 14.6. The summed E-state index contributed by atoms with van der Waals surface area (Å²) in [5.41, 5.74) is 7.36. The average Bonchev–Trinajstić information content (AvgIpc) is 0.858. The van der Waals surface area contributed by atoms with Gasteiger partial charge in [-0.3, -0.25) is 4.79 Å². The summed E-state index contributed by atoms with van der Waals surface area (Å²) < 4.78 is 19.2. The summed E-state index contributed by atoms with van der Waals surface area (Å²) in [6.07, 6.45) is 13.6. The van der Waals surface area contributed by atoms with Gasteiger partial charge in [0.1, 0.15) is 11.9 Å². The molecule has 13 rings (SSSR count). The Kier molecular flexibility index (Phi) is 20.4. The molecule has 0 unspecified atom stereocenters. The summed E-state index contributed by atoms with van der Waals surface area (Å²) >= 11 is 0. The van der Waals surface area contributed by atoms with Gasteiger partial charge < -0.3 is 55.2 Å². The van der Waals surface area contributed by atoms with Crippen LogP contribution < -0.4 is 14.8 Å². The summed E-state index contributed by atoms with van der Waals surface area (Å²) in [5.74, 6) is -0.409. The number of fused-ring (bicyclic) bond motifs is 8. The number of benzene rings is 6. The lowest BCUT2D eigenvalue weighted by Gasteiger charge is -2.54. The summed E-state index contributed by atoms with van der Waals surface area (Å²) in [4.78, 5) is 21.3. The van der Waals surface area contributed by atoms with Crippen LogP contribution in [0.2, 0.25) is 0 Å². The number of carbonyl (C=O) groups is 1. The largest absolute Gasteiger partial charge is 0.507 e. The Hall–Kier alpha value is -5.53. The quantitative estimate of drug-likeness (QED) is 0.0508. The predicted molar refractivity (Wildman–Crippen MR) is 379 cm³/mol. The number of Topliss-reactive ketones (excluding diaryl/α,β-unsaturated/α-hetero) is 1. The number of phenols is 3. The first-order valence-corrected chi connectivity index (χ1v) is 38.6. The number of aromatic amines is 1. The summed E-state index contributed by atoms with van der Waals surface area (Å²) in [7, 11) is 10.2. The molecule has 7 aromatic rings. The summed E-state index contributed by atoms with van der Waals surface area (Å²) in [5, 5.41) is 82.3. The minimum atomic E-state index is -1.81. The lowest BCUT2D eigenvalue weighted by molar-refractivity contribution is -0.150. The first-order chi connectivity index (χ1) is 45.3. The molecule has 492 valence electrons.